The third-order valence-corrected chi connectivity index (χ3v) is 8.00. The number of carbonyl (C=O) groups excluding carboxylic acids is 3. The molecule has 0 spiro atoms. The molecule has 4 aromatic rings. The van der Waals surface area contributed by atoms with Crippen molar-refractivity contribution < 1.29 is 28.6 Å². The van der Waals surface area contributed by atoms with Gasteiger partial charge in [0.1, 0.15) is 30.2 Å². The Morgan fingerprint density at radius 1 is 0.771 bits per heavy atom. The second kappa shape index (κ2) is 18.3. The number of esters is 1. The number of nitrogens with two attached hydrogens (primary N) is 1. The molecule has 48 heavy (non-hydrogen) atoms. The van der Waals surface area contributed by atoms with E-state index in [2.05, 4.69) is 48.1 Å². The van der Waals surface area contributed by atoms with E-state index in [9.17, 15) is 14.4 Å². The van der Waals surface area contributed by atoms with Crippen LogP contribution in [0.2, 0.25) is 0 Å². The maximum Gasteiger partial charge on any atom is 0.328 e. The first-order valence-corrected chi connectivity index (χ1v) is 16.3. The second-order valence-corrected chi connectivity index (χ2v) is 11.4. The predicted molar refractivity (Wildman–Crippen MR) is 191 cm³/mol. The van der Waals surface area contributed by atoms with Crippen molar-refractivity contribution in [2.24, 2.45) is 5.73 Å². The van der Waals surface area contributed by atoms with Crippen LogP contribution in [0.15, 0.2) is 98.1 Å². The van der Waals surface area contributed by atoms with Crippen LogP contribution < -0.4 is 25.8 Å². The van der Waals surface area contributed by atoms with E-state index in [1.807, 2.05) is 48.5 Å². The molecule has 0 aliphatic carbocycles. The largest absolute Gasteiger partial charge is 0.493 e. The van der Waals surface area contributed by atoms with E-state index in [1.165, 1.54) is 13.2 Å². The molecule has 9 nitrogen and oxygen atoms in total. The zero-order chi connectivity index (χ0) is 34.3. The number of hydrogen-bond acceptors (Lipinski definition) is 7. The van der Waals surface area contributed by atoms with Gasteiger partial charge in [0.05, 0.1) is 13.7 Å². The predicted octanol–water partition coefficient (Wildman–Crippen LogP) is 6.23. The molecule has 4 aromatic carbocycles. The summed E-state index contributed by atoms with van der Waals surface area (Å²) in [4.78, 5) is 38.3. The van der Waals surface area contributed by atoms with Crippen LogP contribution in [-0.2, 0) is 19.1 Å². The Labute approximate surface area is 282 Å². The molecule has 0 fully saturated rings. The molecule has 0 bridgehead atoms. The van der Waals surface area contributed by atoms with E-state index >= 15 is 0 Å². The number of amides is 2. The lowest BCUT2D eigenvalue weighted by Crippen LogP contribution is -2.51. The van der Waals surface area contributed by atoms with Gasteiger partial charge in [-0.05, 0) is 72.3 Å². The van der Waals surface area contributed by atoms with Crippen molar-refractivity contribution in [2.75, 3.05) is 26.9 Å². The van der Waals surface area contributed by atoms with Gasteiger partial charge in [0.25, 0.3) is 0 Å². The average Bonchev–Trinajstić information content (AvgIpc) is 3.11. The first kappa shape index (κ1) is 35.7. The molecule has 4 N–H and O–H groups in total. The van der Waals surface area contributed by atoms with Crippen LogP contribution in [0, 0.1) is 0 Å². The summed E-state index contributed by atoms with van der Waals surface area (Å²) in [6.45, 7) is 8.55. The summed E-state index contributed by atoms with van der Waals surface area (Å²) in [5.41, 5.74) is 7.48. The van der Waals surface area contributed by atoms with Gasteiger partial charge in [0, 0.05) is 17.5 Å². The Morgan fingerprint density at radius 2 is 1.40 bits per heavy atom. The molecule has 9 heteroatoms. The van der Waals surface area contributed by atoms with E-state index in [0.29, 0.717) is 44.6 Å². The number of rotatable bonds is 19. The molecule has 252 valence electrons. The minimum absolute atomic E-state index is 0.138. The van der Waals surface area contributed by atoms with Crippen LogP contribution in [-0.4, -0.2) is 56.7 Å². The summed E-state index contributed by atoms with van der Waals surface area (Å²) in [6, 6.07) is 22.6. The summed E-state index contributed by atoms with van der Waals surface area (Å²) in [6.07, 6.45) is 5.72. The van der Waals surface area contributed by atoms with Crippen molar-refractivity contribution in [2.45, 2.75) is 50.6 Å². The fourth-order valence-corrected chi connectivity index (χ4v) is 5.65. The van der Waals surface area contributed by atoms with Crippen molar-refractivity contribution in [1.82, 2.24) is 10.6 Å². The number of nitrogens with one attached hydrogen (secondary N) is 2. The third-order valence-electron chi connectivity index (χ3n) is 8.00. The van der Waals surface area contributed by atoms with Crippen LogP contribution >= 0.6 is 0 Å². The molecule has 0 aromatic heterocycles. The highest BCUT2D eigenvalue weighted by molar-refractivity contribution is 6.09. The third kappa shape index (κ3) is 9.23. The summed E-state index contributed by atoms with van der Waals surface area (Å²) < 4.78 is 17.4. The summed E-state index contributed by atoms with van der Waals surface area (Å²) in [7, 11) is 1.26. The minimum atomic E-state index is -0.886. The van der Waals surface area contributed by atoms with Gasteiger partial charge in [-0.2, -0.15) is 0 Å². The summed E-state index contributed by atoms with van der Waals surface area (Å²) >= 11 is 0. The van der Waals surface area contributed by atoms with Gasteiger partial charge in [-0.1, -0.05) is 79.4 Å². The SMILES string of the molecule is C=CCOc1ccc2ccccc2c1-c1c(OCCCC(=O)N[C@H](CCCCN)C(=O)N[C@@H](CC=C)C(=O)OC)ccc2ccccc12. The molecular formula is C39H45N3O6. The van der Waals surface area contributed by atoms with Crippen molar-refractivity contribution in [3.8, 4) is 22.6 Å². The second-order valence-electron chi connectivity index (χ2n) is 11.4. The molecule has 0 aliphatic heterocycles. The van der Waals surface area contributed by atoms with E-state index in [1.54, 1.807) is 6.08 Å². The lowest BCUT2D eigenvalue weighted by atomic mass is 9.92. The molecule has 0 unspecified atom stereocenters. The van der Waals surface area contributed by atoms with Crippen LogP contribution in [0.25, 0.3) is 32.7 Å². The van der Waals surface area contributed by atoms with Crippen molar-refractivity contribution in [3.63, 3.8) is 0 Å². The van der Waals surface area contributed by atoms with Gasteiger partial charge in [-0.15, -0.1) is 6.58 Å². The number of methoxy groups -OCH3 is 1. The fourth-order valence-electron chi connectivity index (χ4n) is 5.65. The molecule has 0 aliphatic rings. The zero-order valence-corrected chi connectivity index (χ0v) is 27.5. The average molecular weight is 652 g/mol. The van der Waals surface area contributed by atoms with Crippen LogP contribution in [0.4, 0.5) is 0 Å². The van der Waals surface area contributed by atoms with Gasteiger partial charge in [0.15, 0.2) is 0 Å². The number of carbonyl (C=O) groups is 3. The lowest BCUT2D eigenvalue weighted by molar-refractivity contribution is -0.145. The molecular weight excluding hydrogens is 606 g/mol. The fraction of sp³-hybridized carbons (Fsp3) is 0.308. The minimum Gasteiger partial charge on any atom is -0.493 e. The van der Waals surface area contributed by atoms with Crippen molar-refractivity contribution in [3.05, 3.63) is 98.1 Å². The molecule has 2 atom stereocenters. The van der Waals surface area contributed by atoms with E-state index in [-0.39, 0.29) is 25.4 Å². The Hall–Kier alpha value is -5.15. The number of hydrogen-bond donors (Lipinski definition) is 3. The summed E-state index contributed by atoms with van der Waals surface area (Å²) in [5, 5.41) is 9.70. The Morgan fingerprint density at radius 3 is 1.98 bits per heavy atom. The quantitative estimate of drug-likeness (QED) is 0.0623. The topological polar surface area (TPSA) is 129 Å². The Bertz CT molecular complexity index is 1740. The highest BCUT2D eigenvalue weighted by Crippen LogP contribution is 2.45. The van der Waals surface area contributed by atoms with Crippen molar-refractivity contribution in [1.29, 1.82) is 0 Å². The maximum atomic E-state index is 13.1. The Kier molecular flexibility index (Phi) is 13.6. The van der Waals surface area contributed by atoms with E-state index in [0.717, 1.165) is 38.4 Å². The van der Waals surface area contributed by atoms with Crippen LogP contribution in [0.3, 0.4) is 0 Å². The molecule has 0 saturated carbocycles. The monoisotopic (exact) mass is 651 g/mol. The summed E-state index contributed by atoms with van der Waals surface area (Å²) in [5.74, 6) is 0.0556. The first-order chi connectivity index (χ1) is 23.4. The molecule has 2 amide bonds. The molecule has 0 radical (unpaired) electrons. The first-order valence-electron chi connectivity index (χ1n) is 16.3. The van der Waals surface area contributed by atoms with Crippen LogP contribution in [0.1, 0.15) is 38.5 Å². The van der Waals surface area contributed by atoms with Gasteiger partial charge < -0.3 is 30.6 Å². The molecule has 0 heterocycles. The molecule has 0 saturated heterocycles. The van der Waals surface area contributed by atoms with E-state index < -0.39 is 24.0 Å². The number of benzene rings is 4. The van der Waals surface area contributed by atoms with Gasteiger partial charge in [0.2, 0.25) is 11.8 Å². The zero-order valence-electron chi connectivity index (χ0n) is 27.5. The standard InChI is InChI=1S/C39H45N3O6/c1-4-13-32(39(45)46-3)42-38(44)31(18-10-11-24-40)41-35(43)19-12-26-48-34-23-21-28-15-7-9-17-30(28)37(34)36-29-16-8-6-14-27(29)20-22-33(36)47-25-5-2/h4-9,14-17,20-23,31-32H,1-2,10-13,18-19,24-26,40H2,3H3,(H,41,43)(H,42,44)/t31-,32+/m1/s1. The number of unbranched alkanes of at least 4 members (excludes halogenated alkanes) is 1. The smallest absolute Gasteiger partial charge is 0.328 e. The molecule has 4 rings (SSSR count). The van der Waals surface area contributed by atoms with Gasteiger partial charge in [-0.3, -0.25) is 9.59 Å². The maximum absolute atomic E-state index is 13.1. The van der Waals surface area contributed by atoms with E-state index in [4.69, 9.17) is 19.9 Å². The highest BCUT2D eigenvalue weighted by Gasteiger charge is 2.26. The van der Waals surface area contributed by atoms with Gasteiger partial charge in [-0.25, -0.2) is 4.79 Å². The number of ether oxygens (including phenoxy) is 3. The van der Waals surface area contributed by atoms with Crippen molar-refractivity contribution >= 4 is 39.3 Å². The Balaban J connectivity index is 1.51. The highest BCUT2D eigenvalue weighted by atomic mass is 16.5. The van der Waals surface area contributed by atoms with Gasteiger partial charge >= 0.3 is 5.97 Å². The lowest BCUT2D eigenvalue weighted by Gasteiger charge is -2.22. The number of fused-ring (bicyclic) bond motifs is 2. The normalized spacial score (nSPS) is 12.1. The van der Waals surface area contributed by atoms with Crippen LogP contribution in [0.5, 0.6) is 11.5 Å².